The summed E-state index contributed by atoms with van der Waals surface area (Å²) in [5.74, 6) is 0. The number of benzene rings is 9. The Kier molecular flexibility index (Phi) is 10.0. The Morgan fingerprint density at radius 1 is 0.400 bits per heavy atom. The molecule has 2 N–H and O–H groups in total. The molecule has 0 saturated heterocycles. The highest BCUT2D eigenvalue weighted by Gasteiger charge is 2.40. The molecule has 0 aromatic heterocycles. The van der Waals surface area contributed by atoms with Gasteiger partial charge in [0.2, 0.25) is 0 Å². The molecule has 310 valence electrons. The lowest BCUT2D eigenvalue weighted by Gasteiger charge is -2.38. The van der Waals surface area contributed by atoms with E-state index >= 15 is 0 Å². The second-order valence-electron chi connectivity index (χ2n) is 17.3. The van der Waals surface area contributed by atoms with E-state index in [2.05, 4.69) is 224 Å². The average molecular weight is 834 g/mol. The Hall–Kier alpha value is -8.27. The lowest BCUT2D eigenvalue weighted by atomic mass is 9.82. The Morgan fingerprint density at radius 2 is 0.877 bits per heavy atom. The number of allylic oxidation sites excluding steroid dienone is 1. The van der Waals surface area contributed by atoms with Gasteiger partial charge in [-0.05, 0) is 51.1 Å². The number of anilines is 2. The first kappa shape index (κ1) is 39.6. The summed E-state index contributed by atoms with van der Waals surface area (Å²) in [5.41, 5.74) is 20.7. The van der Waals surface area contributed by atoms with Gasteiger partial charge in [-0.25, -0.2) is 0 Å². The second-order valence-corrected chi connectivity index (χ2v) is 17.3. The molecular formula is C62H47N3. The minimum atomic E-state index is -0.218. The zero-order valence-corrected chi connectivity index (χ0v) is 36.5. The maximum atomic E-state index is 9.96. The molecule has 2 aliphatic rings. The van der Waals surface area contributed by atoms with Gasteiger partial charge in [-0.3, -0.25) is 5.41 Å². The summed E-state index contributed by atoms with van der Waals surface area (Å²) in [6, 6.07) is 84.1. The fourth-order valence-electron chi connectivity index (χ4n) is 10.1. The van der Waals surface area contributed by atoms with E-state index < -0.39 is 0 Å². The van der Waals surface area contributed by atoms with Gasteiger partial charge in [0.05, 0.1) is 34.2 Å². The molecule has 65 heavy (non-hydrogen) atoms. The lowest BCUT2D eigenvalue weighted by molar-refractivity contribution is 0.660. The SMILES string of the molecule is CC1(C)c2ccccc2-c2c(N(C3=C(c4ccccc4)N/C(=C(\C(=N)c4ccccc4)c4ccccc4)c4ccccc43)c3ccccc3-c3ccccc3-c3ccccc3)cccc21. The third-order valence-corrected chi connectivity index (χ3v) is 13.1. The van der Waals surface area contributed by atoms with Gasteiger partial charge in [0.15, 0.2) is 0 Å². The normalized spacial score (nSPS) is 14.1. The number of hydrogen-bond acceptors (Lipinski definition) is 3. The number of nitrogens with one attached hydrogen (secondary N) is 2. The zero-order valence-electron chi connectivity index (χ0n) is 36.5. The first-order valence-electron chi connectivity index (χ1n) is 22.4. The van der Waals surface area contributed by atoms with Gasteiger partial charge < -0.3 is 10.2 Å². The highest BCUT2D eigenvalue weighted by atomic mass is 15.2. The molecule has 0 amide bonds. The molecule has 11 rings (SSSR count). The van der Waals surface area contributed by atoms with Crippen LogP contribution in [-0.2, 0) is 5.41 Å². The van der Waals surface area contributed by atoms with Crippen molar-refractivity contribution >= 4 is 39.8 Å². The average Bonchev–Trinajstić information content (AvgIpc) is 3.61. The van der Waals surface area contributed by atoms with Crippen LogP contribution in [0.15, 0.2) is 237 Å². The van der Waals surface area contributed by atoms with Gasteiger partial charge in [0.1, 0.15) is 0 Å². The highest BCUT2D eigenvalue weighted by Crippen LogP contribution is 2.56. The minimum absolute atomic E-state index is 0.218. The van der Waals surface area contributed by atoms with Crippen molar-refractivity contribution in [1.29, 1.82) is 5.41 Å². The molecule has 0 spiro atoms. The largest absolute Gasteiger partial charge is 0.352 e. The predicted octanol–water partition coefficient (Wildman–Crippen LogP) is 15.5. The summed E-state index contributed by atoms with van der Waals surface area (Å²) in [6.45, 7) is 4.71. The maximum Gasteiger partial charge on any atom is 0.0783 e. The van der Waals surface area contributed by atoms with Gasteiger partial charge in [-0.15, -0.1) is 0 Å². The zero-order chi connectivity index (χ0) is 43.9. The Balaban J connectivity index is 1.27. The van der Waals surface area contributed by atoms with Crippen LogP contribution in [0.25, 0.3) is 56.0 Å². The summed E-state index contributed by atoms with van der Waals surface area (Å²) in [4.78, 5) is 2.53. The van der Waals surface area contributed by atoms with E-state index in [1.807, 2.05) is 36.4 Å². The number of fused-ring (bicyclic) bond motifs is 4. The summed E-state index contributed by atoms with van der Waals surface area (Å²) in [7, 11) is 0. The molecule has 9 aromatic carbocycles. The van der Waals surface area contributed by atoms with Crippen LogP contribution in [0, 0.1) is 5.41 Å². The standard InChI is InChI=1S/C62H47N3/c1-62(2)52-38-21-19-37-51(52)57-53(62)39-23-41-55(57)65(54-40-22-20-34-48(54)47-33-16-15-32-46(47)42-24-7-3-8-25-42)61-50-36-18-17-35-49(50)60(64-59(61)45-30-13-6-14-31-45)56(43-26-9-4-10-27-43)58(63)44-28-11-5-12-29-44/h3-41,63-64H,1-2H3/b60-56-,63-58?. The van der Waals surface area contributed by atoms with Crippen LogP contribution in [-0.4, -0.2) is 5.71 Å². The van der Waals surface area contributed by atoms with Crippen molar-refractivity contribution in [3.05, 3.63) is 276 Å². The highest BCUT2D eigenvalue weighted by molar-refractivity contribution is 6.36. The molecular weight excluding hydrogens is 787 g/mol. The van der Waals surface area contributed by atoms with Gasteiger partial charge in [-0.2, -0.15) is 0 Å². The number of para-hydroxylation sites is 1. The molecule has 3 heteroatoms. The van der Waals surface area contributed by atoms with Crippen molar-refractivity contribution in [3.63, 3.8) is 0 Å². The summed E-state index contributed by atoms with van der Waals surface area (Å²) in [6.07, 6.45) is 0. The quantitative estimate of drug-likeness (QED) is 0.142. The first-order chi connectivity index (χ1) is 32.0. The molecule has 0 saturated carbocycles. The Labute approximate surface area is 381 Å². The van der Waals surface area contributed by atoms with Crippen LogP contribution in [0.4, 0.5) is 11.4 Å². The van der Waals surface area contributed by atoms with Gasteiger partial charge in [0.25, 0.3) is 0 Å². The number of nitrogens with zero attached hydrogens (tertiary/aromatic N) is 1. The molecule has 0 bridgehead atoms. The van der Waals surface area contributed by atoms with Gasteiger partial charge >= 0.3 is 0 Å². The molecule has 1 heterocycles. The van der Waals surface area contributed by atoms with E-state index in [4.69, 9.17) is 0 Å². The molecule has 0 unspecified atom stereocenters. The van der Waals surface area contributed by atoms with Crippen molar-refractivity contribution in [2.45, 2.75) is 19.3 Å². The van der Waals surface area contributed by atoms with Crippen molar-refractivity contribution < 1.29 is 0 Å². The summed E-state index contributed by atoms with van der Waals surface area (Å²) < 4.78 is 0. The fourth-order valence-corrected chi connectivity index (χ4v) is 10.1. The second kappa shape index (κ2) is 16.5. The summed E-state index contributed by atoms with van der Waals surface area (Å²) in [5, 5.41) is 14.1. The van der Waals surface area contributed by atoms with Gasteiger partial charge in [-0.1, -0.05) is 238 Å². The number of rotatable bonds is 9. The van der Waals surface area contributed by atoms with Crippen LogP contribution >= 0.6 is 0 Å². The minimum Gasteiger partial charge on any atom is -0.352 e. The van der Waals surface area contributed by atoms with Crippen molar-refractivity contribution in [3.8, 4) is 33.4 Å². The van der Waals surface area contributed by atoms with Gasteiger partial charge in [0, 0.05) is 44.4 Å². The maximum absolute atomic E-state index is 9.96. The van der Waals surface area contributed by atoms with Crippen LogP contribution < -0.4 is 10.2 Å². The lowest BCUT2D eigenvalue weighted by Crippen LogP contribution is -2.29. The first-order valence-corrected chi connectivity index (χ1v) is 22.4. The van der Waals surface area contributed by atoms with E-state index in [-0.39, 0.29) is 5.41 Å². The Morgan fingerprint density at radius 3 is 1.55 bits per heavy atom. The molecule has 0 atom stereocenters. The fraction of sp³-hybridized carbons (Fsp3) is 0.0484. The van der Waals surface area contributed by atoms with E-state index in [1.165, 1.54) is 33.4 Å². The van der Waals surface area contributed by atoms with E-state index in [9.17, 15) is 5.41 Å². The molecule has 9 aromatic rings. The van der Waals surface area contributed by atoms with E-state index in [1.54, 1.807) is 0 Å². The number of hydrogen-bond donors (Lipinski definition) is 2. The molecule has 1 aliphatic heterocycles. The van der Waals surface area contributed by atoms with Crippen LogP contribution in [0.1, 0.15) is 52.8 Å². The third kappa shape index (κ3) is 6.81. The van der Waals surface area contributed by atoms with Crippen molar-refractivity contribution in [2.24, 2.45) is 0 Å². The summed E-state index contributed by atoms with van der Waals surface area (Å²) >= 11 is 0. The van der Waals surface area contributed by atoms with Crippen LogP contribution in [0.5, 0.6) is 0 Å². The Bertz CT molecular complexity index is 3310. The monoisotopic (exact) mass is 833 g/mol. The van der Waals surface area contributed by atoms with E-state index in [0.717, 1.165) is 73.0 Å². The van der Waals surface area contributed by atoms with E-state index in [0.29, 0.717) is 5.71 Å². The third-order valence-electron chi connectivity index (χ3n) is 13.1. The molecule has 3 nitrogen and oxygen atoms in total. The van der Waals surface area contributed by atoms with Crippen molar-refractivity contribution in [2.75, 3.05) is 4.90 Å². The van der Waals surface area contributed by atoms with Crippen LogP contribution in [0.3, 0.4) is 0 Å². The predicted molar refractivity (Wildman–Crippen MR) is 273 cm³/mol. The molecule has 0 fully saturated rings. The topological polar surface area (TPSA) is 39.1 Å². The molecule has 1 aliphatic carbocycles. The molecule has 0 radical (unpaired) electrons. The van der Waals surface area contributed by atoms with Crippen LogP contribution in [0.2, 0.25) is 0 Å². The van der Waals surface area contributed by atoms with Crippen molar-refractivity contribution in [1.82, 2.24) is 5.32 Å². The smallest absolute Gasteiger partial charge is 0.0783 e.